The molecule has 0 radical (unpaired) electrons. The summed E-state index contributed by atoms with van der Waals surface area (Å²) < 4.78 is 5.03. The van der Waals surface area contributed by atoms with Crippen molar-refractivity contribution in [1.82, 2.24) is 0 Å². The highest BCUT2D eigenvalue weighted by Gasteiger charge is 2.02. The van der Waals surface area contributed by atoms with E-state index in [4.69, 9.17) is 16.3 Å². The minimum Gasteiger partial charge on any atom is -0.463 e. The second kappa shape index (κ2) is 9.10. The molecule has 0 aliphatic carbocycles. The Morgan fingerprint density at radius 3 is 2.55 bits per heavy atom. The van der Waals surface area contributed by atoms with Crippen LogP contribution in [0, 0.1) is 0 Å². The molecule has 0 unspecified atom stereocenters. The number of hydrogen-bond donors (Lipinski definition) is 0. The lowest BCUT2D eigenvalue weighted by atomic mass is 10.1. The van der Waals surface area contributed by atoms with Gasteiger partial charge in [0.1, 0.15) is 0 Å². The molecule has 0 atom stereocenters. The van der Waals surface area contributed by atoms with E-state index in [1.54, 1.807) is 6.08 Å². The van der Waals surface area contributed by atoms with Crippen molar-refractivity contribution < 1.29 is 14.3 Å². The van der Waals surface area contributed by atoms with Crippen LogP contribution in [0.15, 0.2) is 48.6 Å². The van der Waals surface area contributed by atoms with Crippen molar-refractivity contribution >= 4 is 28.9 Å². The highest BCUT2D eigenvalue weighted by molar-refractivity contribution is 6.67. The summed E-state index contributed by atoms with van der Waals surface area (Å²) in [7, 11) is 0. The molecule has 0 aliphatic rings. The molecule has 3 nitrogen and oxygen atoms in total. The topological polar surface area (TPSA) is 43.4 Å². The molecule has 1 aromatic rings. The van der Waals surface area contributed by atoms with Gasteiger partial charge in [-0.05, 0) is 42.5 Å². The van der Waals surface area contributed by atoms with Crippen molar-refractivity contribution in [3.05, 3.63) is 54.1 Å². The van der Waals surface area contributed by atoms with Crippen LogP contribution in [0.3, 0.4) is 0 Å². The third-order valence-electron chi connectivity index (χ3n) is 2.61. The van der Waals surface area contributed by atoms with Crippen LogP contribution in [0.1, 0.15) is 24.8 Å². The van der Waals surface area contributed by atoms with Gasteiger partial charge in [0.05, 0.1) is 6.61 Å². The van der Waals surface area contributed by atoms with Gasteiger partial charge in [-0.1, -0.05) is 36.9 Å². The molecular weight excluding hydrogens is 276 g/mol. The van der Waals surface area contributed by atoms with Crippen molar-refractivity contribution in [3.63, 3.8) is 0 Å². The van der Waals surface area contributed by atoms with Gasteiger partial charge in [-0.25, -0.2) is 4.79 Å². The molecule has 106 valence electrons. The fourth-order valence-corrected chi connectivity index (χ4v) is 1.58. The maximum atomic E-state index is 11.4. The van der Waals surface area contributed by atoms with Crippen LogP contribution in [-0.2, 0) is 14.3 Å². The smallest absolute Gasteiger partial charge is 0.330 e. The first-order valence-electron chi connectivity index (χ1n) is 6.37. The second-order valence-corrected chi connectivity index (χ2v) is 4.59. The molecule has 0 saturated heterocycles. The standard InChI is InChI=1S/C16H17ClO3/c1-13(16(17)19)7-5-6-12-20-15(18)11-10-14-8-3-2-4-9-14/h2-4,8-11H,1,5-7,12H2/b11-10+. The van der Waals surface area contributed by atoms with Gasteiger partial charge in [-0.2, -0.15) is 0 Å². The second-order valence-electron chi connectivity index (χ2n) is 4.25. The van der Waals surface area contributed by atoms with Crippen LogP contribution in [0.2, 0.25) is 0 Å². The van der Waals surface area contributed by atoms with Gasteiger partial charge in [0.2, 0.25) is 5.24 Å². The van der Waals surface area contributed by atoms with Crippen LogP contribution in [0.5, 0.6) is 0 Å². The van der Waals surface area contributed by atoms with E-state index in [0.717, 1.165) is 5.56 Å². The third-order valence-corrected chi connectivity index (χ3v) is 2.87. The molecule has 0 amide bonds. The molecule has 0 aliphatic heterocycles. The Hall–Kier alpha value is -1.87. The molecule has 1 aromatic carbocycles. The van der Waals surface area contributed by atoms with Crippen LogP contribution >= 0.6 is 11.6 Å². The zero-order chi connectivity index (χ0) is 14.8. The number of benzene rings is 1. The average Bonchev–Trinajstić information content (AvgIpc) is 2.45. The number of ether oxygens (including phenoxy) is 1. The molecule has 1 rings (SSSR count). The monoisotopic (exact) mass is 292 g/mol. The van der Waals surface area contributed by atoms with Crippen LogP contribution < -0.4 is 0 Å². The van der Waals surface area contributed by atoms with E-state index in [0.29, 0.717) is 31.4 Å². The van der Waals surface area contributed by atoms with Gasteiger partial charge < -0.3 is 4.74 Å². The van der Waals surface area contributed by atoms with E-state index in [1.165, 1.54) is 6.08 Å². The zero-order valence-electron chi connectivity index (χ0n) is 11.2. The molecule has 0 heterocycles. The van der Waals surface area contributed by atoms with Crippen molar-refractivity contribution in [1.29, 1.82) is 0 Å². The lowest BCUT2D eigenvalue weighted by molar-refractivity contribution is -0.137. The Balaban J connectivity index is 2.16. The number of carbonyl (C=O) groups is 2. The van der Waals surface area contributed by atoms with Crippen molar-refractivity contribution in [2.45, 2.75) is 19.3 Å². The minimum absolute atomic E-state index is 0.321. The normalized spacial score (nSPS) is 10.4. The molecule has 0 fully saturated rings. The largest absolute Gasteiger partial charge is 0.463 e. The summed E-state index contributed by atoms with van der Waals surface area (Å²) in [6.45, 7) is 3.87. The first-order chi connectivity index (χ1) is 9.59. The van der Waals surface area contributed by atoms with Gasteiger partial charge in [0, 0.05) is 11.6 Å². The van der Waals surface area contributed by atoms with Gasteiger partial charge in [0.15, 0.2) is 0 Å². The molecule has 0 bridgehead atoms. The number of esters is 1. The summed E-state index contributed by atoms with van der Waals surface area (Å²) in [5.74, 6) is -0.374. The van der Waals surface area contributed by atoms with E-state index in [-0.39, 0.29) is 5.97 Å². The van der Waals surface area contributed by atoms with Gasteiger partial charge in [-0.15, -0.1) is 0 Å². The minimum atomic E-state index is -0.507. The number of hydrogen-bond acceptors (Lipinski definition) is 3. The Bertz CT molecular complexity index is 492. The maximum Gasteiger partial charge on any atom is 0.330 e. The summed E-state index contributed by atoms with van der Waals surface area (Å²) in [5, 5.41) is -0.507. The van der Waals surface area contributed by atoms with Gasteiger partial charge >= 0.3 is 5.97 Å². The molecule has 0 aromatic heterocycles. The van der Waals surface area contributed by atoms with Gasteiger partial charge in [0.25, 0.3) is 0 Å². The summed E-state index contributed by atoms with van der Waals surface area (Å²) in [4.78, 5) is 22.1. The van der Waals surface area contributed by atoms with E-state index < -0.39 is 5.24 Å². The predicted molar refractivity (Wildman–Crippen MR) is 80.3 cm³/mol. The first-order valence-corrected chi connectivity index (χ1v) is 6.75. The summed E-state index contributed by atoms with van der Waals surface area (Å²) in [6.07, 6.45) is 5.02. The zero-order valence-corrected chi connectivity index (χ0v) is 11.9. The average molecular weight is 293 g/mol. The van der Waals surface area contributed by atoms with Crippen LogP contribution in [0.25, 0.3) is 6.08 Å². The number of unbranched alkanes of at least 4 members (excludes halogenated alkanes) is 1. The molecular formula is C16H17ClO3. The number of rotatable bonds is 8. The van der Waals surface area contributed by atoms with E-state index in [9.17, 15) is 9.59 Å². The predicted octanol–water partition coefficient (Wildman–Crippen LogP) is 3.73. The summed E-state index contributed by atoms with van der Waals surface area (Å²) in [6, 6.07) is 9.51. The molecule has 4 heteroatoms. The Morgan fingerprint density at radius 1 is 1.20 bits per heavy atom. The highest BCUT2D eigenvalue weighted by Crippen LogP contribution is 2.08. The SMILES string of the molecule is C=C(CCCCOC(=O)/C=C/c1ccccc1)C(=O)Cl. The Labute approximate surface area is 123 Å². The first kappa shape index (κ1) is 16.2. The molecule has 0 saturated carbocycles. The third kappa shape index (κ3) is 6.90. The lowest BCUT2D eigenvalue weighted by Crippen LogP contribution is -2.02. The number of allylic oxidation sites excluding steroid dienone is 1. The number of halogens is 1. The lowest BCUT2D eigenvalue weighted by Gasteiger charge is -2.02. The van der Waals surface area contributed by atoms with Gasteiger partial charge in [-0.3, -0.25) is 4.79 Å². The van der Waals surface area contributed by atoms with E-state index in [1.807, 2.05) is 30.3 Å². The summed E-state index contributed by atoms with van der Waals surface area (Å²) >= 11 is 5.26. The fraction of sp³-hybridized carbons (Fsp3) is 0.250. The fourth-order valence-electron chi connectivity index (χ4n) is 1.49. The summed E-state index contributed by atoms with van der Waals surface area (Å²) in [5.41, 5.74) is 1.34. The Kier molecular flexibility index (Phi) is 7.36. The van der Waals surface area contributed by atoms with E-state index >= 15 is 0 Å². The van der Waals surface area contributed by atoms with Crippen LogP contribution in [-0.4, -0.2) is 17.8 Å². The van der Waals surface area contributed by atoms with Crippen molar-refractivity contribution in [3.8, 4) is 0 Å². The Morgan fingerprint density at radius 2 is 1.90 bits per heavy atom. The highest BCUT2D eigenvalue weighted by atomic mass is 35.5. The molecule has 0 spiro atoms. The van der Waals surface area contributed by atoms with Crippen molar-refractivity contribution in [2.75, 3.05) is 6.61 Å². The van der Waals surface area contributed by atoms with Crippen LogP contribution in [0.4, 0.5) is 0 Å². The van der Waals surface area contributed by atoms with E-state index in [2.05, 4.69) is 6.58 Å². The molecule has 20 heavy (non-hydrogen) atoms. The molecule has 0 N–H and O–H groups in total. The maximum absolute atomic E-state index is 11.4. The quantitative estimate of drug-likeness (QED) is 0.317. The number of carbonyl (C=O) groups excluding carboxylic acids is 2. The van der Waals surface area contributed by atoms with Crippen molar-refractivity contribution in [2.24, 2.45) is 0 Å².